The van der Waals surface area contributed by atoms with Crippen LogP contribution in [0, 0.1) is 5.92 Å². The Hall–Kier alpha value is 0.110. The molecule has 0 aromatic rings. The Morgan fingerprint density at radius 1 is 1.29 bits per heavy atom. The third-order valence-electron chi connectivity index (χ3n) is 3.90. The van der Waals surface area contributed by atoms with E-state index in [4.69, 9.17) is 0 Å². The minimum atomic E-state index is -0.677. The highest BCUT2D eigenvalue weighted by atomic mass is 32.2. The van der Waals surface area contributed by atoms with Gasteiger partial charge in [0.2, 0.25) is 0 Å². The minimum Gasteiger partial charge on any atom is -0.313 e. The first-order valence-corrected chi connectivity index (χ1v) is 8.50. The van der Waals surface area contributed by atoms with E-state index in [1.54, 1.807) is 0 Å². The zero-order valence-corrected chi connectivity index (χ0v) is 12.7. The van der Waals surface area contributed by atoms with E-state index in [0.717, 1.165) is 25.3 Å². The standard InChI is InChI=1S/C14H29NOS/c1-5-9-15-13-8-7-12(6-2)10-14(13)17(16)11(3)4/h11-15H,5-10H2,1-4H3. The van der Waals surface area contributed by atoms with Gasteiger partial charge >= 0.3 is 0 Å². The maximum atomic E-state index is 12.4. The van der Waals surface area contributed by atoms with E-state index in [9.17, 15) is 4.21 Å². The van der Waals surface area contributed by atoms with Gasteiger partial charge in [0.15, 0.2) is 0 Å². The summed E-state index contributed by atoms with van der Waals surface area (Å²) in [5.41, 5.74) is 0. The van der Waals surface area contributed by atoms with Crippen LogP contribution in [0.2, 0.25) is 0 Å². The predicted octanol–water partition coefficient (Wildman–Crippen LogP) is 3.09. The number of rotatable bonds is 6. The van der Waals surface area contributed by atoms with Crippen molar-refractivity contribution in [3.05, 3.63) is 0 Å². The van der Waals surface area contributed by atoms with Crippen LogP contribution in [0.15, 0.2) is 0 Å². The molecule has 1 aliphatic rings. The Morgan fingerprint density at radius 2 is 2.00 bits per heavy atom. The second-order valence-corrected chi connectivity index (χ2v) is 7.77. The normalized spacial score (nSPS) is 31.7. The summed E-state index contributed by atoms with van der Waals surface area (Å²) in [6, 6.07) is 0.487. The number of hydrogen-bond donors (Lipinski definition) is 1. The Kier molecular flexibility index (Phi) is 6.71. The first kappa shape index (κ1) is 15.2. The fourth-order valence-corrected chi connectivity index (χ4v) is 4.47. The molecule has 1 fully saturated rings. The maximum absolute atomic E-state index is 12.4. The van der Waals surface area contributed by atoms with Gasteiger partial charge in [0, 0.05) is 22.1 Å². The van der Waals surface area contributed by atoms with Gasteiger partial charge in [0.1, 0.15) is 0 Å². The molecule has 4 unspecified atom stereocenters. The van der Waals surface area contributed by atoms with Crippen molar-refractivity contribution in [2.24, 2.45) is 5.92 Å². The highest BCUT2D eigenvalue weighted by Gasteiger charge is 2.34. The summed E-state index contributed by atoms with van der Waals surface area (Å²) >= 11 is 0. The van der Waals surface area contributed by atoms with Crippen molar-refractivity contribution in [3.63, 3.8) is 0 Å². The molecule has 4 atom stereocenters. The van der Waals surface area contributed by atoms with Crippen LogP contribution in [-0.2, 0) is 10.8 Å². The van der Waals surface area contributed by atoms with Gasteiger partial charge in [0.25, 0.3) is 0 Å². The van der Waals surface area contributed by atoms with E-state index in [-0.39, 0.29) is 0 Å². The zero-order chi connectivity index (χ0) is 12.8. The second kappa shape index (κ2) is 7.52. The van der Waals surface area contributed by atoms with Crippen LogP contribution < -0.4 is 5.32 Å². The Balaban J connectivity index is 2.64. The molecule has 1 aliphatic carbocycles. The van der Waals surface area contributed by atoms with Crippen LogP contribution in [-0.4, -0.2) is 27.3 Å². The van der Waals surface area contributed by atoms with Gasteiger partial charge < -0.3 is 5.32 Å². The summed E-state index contributed by atoms with van der Waals surface area (Å²) in [5.74, 6) is 0.794. The SMILES string of the molecule is CCCNC1CCC(CC)CC1S(=O)C(C)C. The molecule has 102 valence electrons. The van der Waals surface area contributed by atoms with E-state index in [2.05, 4.69) is 33.0 Å². The van der Waals surface area contributed by atoms with E-state index < -0.39 is 10.8 Å². The summed E-state index contributed by atoms with van der Waals surface area (Å²) in [4.78, 5) is 0. The van der Waals surface area contributed by atoms with Crippen LogP contribution in [0.3, 0.4) is 0 Å². The lowest BCUT2D eigenvalue weighted by Gasteiger charge is -2.36. The van der Waals surface area contributed by atoms with Gasteiger partial charge in [-0.1, -0.05) is 34.1 Å². The molecule has 0 amide bonds. The molecule has 0 heterocycles. The molecule has 0 radical (unpaired) electrons. The lowest BCUT2D eigenvalue weighted by atomic mass is 9.84. The molecule has 0 aromatic heterocycles. The highest BCUT2D eigenvalue weighted by molar-refractivity contribution is 7.86. The molecular weight excluding hydrogens is 230 g/mol. The quantitative estimate of drug-likeness (QED) is 0.794. The number of nitrogens with one attached hydrogen (secondary N) is 1. The molecule has 3 heteroatoms. The number of hydrogen-bond acceptors (Lipinski definition) is 2. The van der Waals surface area contributed by atoms with Crippen molar-refractivity contribution in [1.29, 1.82) is 0 Å². The van der Waals surface area contributed by atoms with Gasteiger partial charge in [-0.05, 0) is 38.1 Å². The molecule has 2 nitrogen and oxygen atoms in total. The van der Waals surface area contributed by atoms with Gasteiger partial charge in [-0.3, -0.25) is 4.21 Å². The third-order valence-corrected chi connectivity index (χ3v) is 5.94. The Labute approximate surface area is 109 Å². The van der Waals surface area contributed by atoms with Crippen LogP contribution in [0.5, 0.6) is 0 Å². The fourth-order valence-electron chi connectivity index (χ4n) is 2.75. The molecule has 0 aromatic carbocycles. The van der Waals surface area contributed by atoms with Gasteiger partial charge in [-0.25, -0.2) is 0 Å². The summed E-state index contributed by atoms with van der Waals surface area (Å²) in [6.07, 6.45) is 6.08. The largest absolute Gasteiger partial charge is 0.313 e. The molecule has 1 N–H and O–H groups in total. The summed E-state index contributed by atoms with van der Waals surface area (Å²) < 4.78 is 12.4. The topological polar surface area (TPSA) is 29.1 Å². The Morgan fingerprint density at radius 3 is 2.53 bits per heavy atom. The van der Waals surface area contributed by atoms with E-state index in [1.807, 2.05) is 0 Å². The lowest BCUT2D eigenvalue weighted by Crippen LogP contribution is -2.47. The maximum Gasteiger partial charge on any atom is 0.0506 e. The van der Waals surface area contributed by atoms with Crippen LogP contribution in [0.25, 0.3) is 0 Å². The smallest absolute Gasteiger partial charge is 0.0506 e. The molecule has 1 rings (SSSR count). The van der Waals surface area contributed by atoms with E-state index in [1.165, 1.54) is 19.3 Å². The summed E-state index contributed by atoms with van der Waals surface area (Å²) in [5, 5.41) is 4.28. The average Bonchev–Trinajstić information content (AvgIpc) is 2.35. The van der Waals surface area contributed by atoms with Gasteiger partial charge in [-0.2, -0.15) is 0 Å². The van der Waals surface area contributed by atoms with Crippen molar-refractivity contribution in [1.82, 2.24) is 5.32 Å². The van der Waals surface area contributed by atoms with Crippen molar-refractivity contribution in [3.8, 4) is 0 Å². The summed E-state index contributed by atoms with van der Waals surface area (Å²) in [6.45, 7) is 9.69. The lowest BCUT2D eigenvalue weighted by molar-refractivity contribution is 0.291. The molecule has 0 bridgehead atoms. The molecule has 1 saturated carbocycles. The summed E-state index contributed by atoms with van der Waals surface area (Å²) in [7, 11) is -0.677. The zero-order valence-electron chi connectivity index (χ0n) is 11.9. The van der Waals surface area contributed by atoms with Gasteiger partial charge in [0.05, 0.1) is 5.25 Å². The van der Waals surface area contributed by atoms with Crippen LogP contribution >= 0.6 is 0 Å². The Bertz CT molecular complexity index is 242. The van der Waals surface area contributed by atoms with Crippen LogP contribution in [0.4, 0.5) is 0 Å². The van der Waals surface area contributed by atoms with Crippen molar-refractivity contribution < 1.29 is 4.21 Å². The van der Waals surface area contributed by atoms with Crippen molar-refractivity contribution in [2.45, 2.75) is 76.3 Å². The van der Waals surface area contributed by atoms with Crippen molar-refractivity contribution >= 4 is 10.8 Å². The molecular formula is C14H29NOS. The van der Waals surface area contributed by atoms with E-state index >= 15 is 0 Å². The molecule has 0 saturated heterocycles. The highest BCUT2D eigenvalue weighted by Crippen LogP contribution is 2.31. The third kappa shape index (κ3) is 4.36. The van der Waals surface area contributed by atoms with E-state index in [0.29, 0.717) is 16.5 Å². The fraction of sp³-hybridized carbons (Fsp3) is 1.00. The first-order chi connectivity index (χ1) is 8.10. The predicted molar refractivity (Wildman–Crippen MR) is 76.8 cm³/mol. The van der Waals surface area contributed by atoms with Crippen molar-refractivity contribution in [2.75, 3.05) is 6.54 Å². The van der Waals surface area contributed by atoms with Gasteiger partial charge in [-0.15, -0.1) is 0 Å². The van der Waals surface area contributed by atoms with Crippen LogP contribution in [0.1, 0.15) is 59.8 Å². The second-order valence-electron chi connectivity index (χ2n) is 5.56. The molecule has 0 spiro atoms. The average molecular weight is 259 g/mol. The molecule has 17 heavy (non-hydrogen) atoms. The monoisotopic (exact) mass is 259 g/mol. The first-order valence-electron chi connectivity index (χ1n) is 7.22. The molecule has 0 aliphatic heterocycles. The minimum absolute atomic E-state index is 0.293.